The van der Waals surface area contributed by atoms with E-state index in [1.54, 1.807) is 0 Å². The van der Waals surface area contributed by atoms with E-state index in [0.717, 1.165) is 0 Å². The van der Waals surface area contributed by atoms with Gasteiger partial charge in [-0.3, -0.25) is 0 Å². The van der Waals surface area contributed by atoms with Crippen LogP contribution < -0.4 is 0 Å². The first kappa shape index (κ1) is 22.7. The summed E-state index contributed by atoms with van der Waals surface area (Å²) >= 11 is 0. The topological polar surface area (TPSA) is 18.5 Å². The van der Waals surface area contributed by atoms with Crippen LogP contribution in [0.25, 0.3) is 0 Å². The molecule has 0 N–H and O–H groups in total. The Morgan fingerprint density at radius 1 is 0.571 bits per heavy atom. The van der Waals surface area contributed by atoms with Gasteiger partial charge in [-0.1, -0.05) is 0 Å². The molecule has 0 aliphatic carbocycles. The Balaban J connectivity index is 0. The Bertz CT molecular complexity index is 282. The quantitative estimate of drug-likeness (QED) is 0.628. The van der Waals surface area contributed by atoms with Gasteiger partial charge in [0.2, 0.25) is 0 Å². The van der Waals surface area contributed by atoms with Crippen LogP contribution >= 0.6 is 0 Å². The van der Waals surface area contributed by atoms with Crippen LogP contribution in [0.4, 0.5) is 30.7 Å². The SMILES string of the molecule is CC(C)(C)OC(C)(C)C.COC(F)(C(F)(F)F)C(F)(F)F. The summed E-state index contributed by atoms with van der Waals surface area (Å²) in [5, 5.41) is 0. The summed E-state index contributed by atoms with van der Waals surface area (Å²) in [5.74, 6) is -5.58. The van der Waals surface area contributed by atoms with E-state index in [9.17, 15) is 30.7 Å². The smallest absolute Gasteiger partial charge is 0.370 e. The lowest BCUT2D eigenvalue weighted by atomic mass is 10.1. The number of rotatable bonds is 1. The molecule has 130 valence electrons. The van der Waals surface area contributed by atoms with Crippen LogP contribution in [0.15, 0.2) is 0 Å². The Morgan fingerprint density at radius 2 is 0.810 bits per heavy atom. The summed E-state index contributed by atoms with van der Waals surface area (Å²) in [6, 6.07) is 0. The normalized spacial score (nSPS) is 14.6. The van der Waals surface area contributed by atoms with Crippen LogP contribution in [0.3, 0.4) is 0 Å². The number of alkyl halides is 7. The molecule has 21 heavy (non-hydrogen) atoms. The van der Waals surface area contributed by atoms with Crippen molar-refractivity contribution in [3.8, 4) is 0 Å². The molecule has 0 amide bonds. The molecule has 0 bridgehead atoms. The van der Waals surface area contributed by atoms with Gasteiger partial charge < -0.3 is 9.47 Å². The first-order valence-corrected chi connectivity index (χ1v) is 5.84. The molecule has 9 heteroatoms. The van der Waals surface area contributed by atoms with E-state index in [1.807, 2.05) is 0 Å². The molecular formula is C12H21F7O2. The maximum atomic E-state index is 12.1. The Morgan fingerprint density at radius 3 is 0.810 bits per heavy atom. The number of methoxy groups -OCH3 is 1. The third-order valence-electron chi connectivity index (χ3n) is 1.62. The van der Waals surface area contributed by atoms with E-state index < -0.39 is 18.2 Å². The highest BCUT2D eigenvalue weighted by atomic mass is 19.4. The van der Waals surface area contributed by atoms with Crippen LogP contribution in [0.5, 0.6) is 0 Å². The lowest BCUT2D eigenvalue weighted by Gasteiger charge is -2.30. The summed E-state index contributed by atoms with van der Waals surface area (Å²) in [6.45, 7) is 12.4. The first-order valence-electron chi connectivity index (χ1n) is 5.84. The zero-order chi connectivity index (χ0) is 17.9. The van der Waals surface area contributed by atoms with Crippen molar-refractivity contribution >= 4 is 0 Å². The molecule has 0 unspecified atom stereocenters. The second-order valence-corrected chi connectivity index (χ2v) is 6.12. The molecule has 0 aliphatic rings. The van der Waals surface area contributed by atoms with Gasteiger partial charge in [0.25, 0.3) is 0 Å². The van der Waals surface area contributed by atoms with E-state index >= 15 is 0 Å². The lowest BCUT2D eigenvalue weighted by Crippen LogP contribution is -2.54. The van der Waals surface area contributed by atoms with Crippen molar-refractivity contribution in [1.29, 1.82) is 0 Å². The van der Waals surface area contributed by atoms with Crippen molar-refractivity contribution in [2.24, 2.45) is 0 Å². The fourth-order valence-electron chi connectivity index (χ4n) is 1.31. The average Bonchev–Trinajstić information content (AvgIpc) is 2.07. The minimum Gasteiger partial charge on any atom is -0.370 e. The second kappa shape index (κ2) is 6.68. The molecule has 0 fully saturated rings. The minimum absolute atomic E-state index is 0.0129. The van der Waals surface area contributed by atoms with Crippen molar-refractivity contribution in [3.63, 3.8) is 0 Å². The van der Waals surface area contributed by atoms with Crippen molar-refractivity contribution in [2.45, 2.75) is 71.0 Å². The zero-order valence-corrected chi connectivity index (χ0v) is 13.0. The van der Waals surface area contributed by atoms with Crippen LogP contribution in [0.1, 0.15) is 41.5 Å². The third kappa shape index (κ3) is 8.45. The molecule has 0 aromatic rings. The highest BCUT2D eigenvalue weighted by Crippen LogP contribution is 2.46. The van der Waals surface area contributed by atoms with E-state index in [4.69, 9.17) is 4.74 Å². The predicted octanol–water partition coefficient (Wildman–Crippen LogP) is 5.02. The van der Waals surface area contributed by atoms with Crippen LogP contribution in [0, 0.1) is 0 Å². The van der Waals surface area contributed by atoms with Gasteiger partial charge in [-0.2, -0.15) is 30.7 Å². The molecule has 0 atom stereocenters. The van der Waals surface area contributed by atoms with Crippen LogP contribution in [-0.2, 0) is 9.47 Å². The van der Waals surface area contributed by atoms with Gasteiger partial charge in [-0.25, -0.2) is 0 Å². The first-order chi connectivity index (χ1) is 8.77. The van der Waals surface area contributed by atoms with Gasteiger partial charge in [0, 0.05) is 7.11 Å². The Hall–Kier alpha value is -0.570. The molecule has 0 spiro atoms. The summed E-state index contributed by atoms with van der Waals surface area (Å²) in [4.78, 5) is 0. The molecule has 0 saturated heterocycles. The molecule has 0 aromatic carbocycles. The maximum absolute atomic E-state index is 12.1. The third-order valence-corrected chi connectivity index (χ3v) is 1.62. The van der Waals surface area contributed by atoms with Crippen molar-refractivity contribution in [3.05, 3.63) is 0 Å². The molecule has 0 aliphatic heterocycles. The van der Waals surface area contributed by atoms with Gasteiger partial charge in [0.15, 0.2) is 0 Å². The molecule has 0 saturated carbocycles. The fourth-order valence-corrected chi connectivity index (χ4v) is 1.31. The van der Waals surface area contributed by atoms with Crippen molar-refractivity contribution in [1.82, 2.24) is 0 Å². The summed E-state index contributed by atoms with van der Waals surface area (Å²) in [6.07, 6.45) is -12.2. The number of ether oxygens (including phenoxy) is 2. The van der Waals surface area contributed by atoms with E-state index in [2.05, 4.69) is 46.3 Å². The van der Waals surface area contributed by atoms with Gasteiger partial charge >= 0.3 is 18.2 Å². The zero-order valence-electron chi connectivity index (χ0n) is 13.0. The predicted molar refractivity (Wildman–Crippen MR) is 63.5 cm³/mol. The minimum atomic E-state index is -6.12. The van der Waals surface area contributed by atoms with Crippen molar-refractivity contribution < 1.29 is 40.2 Å². The lowest BCUT2D eigenvalue weighted by molar-refractivity contribution is -0.424. The largest absolute Gasteiger partial charge is 0.458 e. The monoisotopic (exact) mass is 330 g/mol. The van der Waals surface area contributed by atoms with E-state index in [-0.39, 0.29) is 18.3 Å². The number of hydrogen-bond acceptors (Lipinski definition) is 2. The molecule has 0 aromatic heterocycles. The number of hydrogen-bond donors (Lipinski definition) is 0. The second-order valence-electron chi connectivity index (χ2n) is 6.12. The number of halogens is 7. The highest BCUT2D eigenvalue weighted by Gasteiger charge is 2.74. The molecule has 0 heterocycles. The highest BCUT2D eigenvalue weighted by molar-refractivity contribution is 4.84. The average molecular weight is 330 g/mol. The summed E-state index contributed by atoms with van der Waals surface area (Å²) in [7, 11) is -0.0129. The van der Waals surface area contributed by atoms with Gasteiger partial charge in [0.1, 0.15) is 0 Å². The summed E-state index contributed by atoms with van der Waals surface area (Å²) in [5.41, 5.74) is -0.0312. The fraction of sp³-hybridized carbons (Fsp3) is 1.00. The van der Waals surface area contributed by atoms with E-state index in [0.29, 0.717) is 0 Å². The Kier molecular flexibility index (Phi) is 7.22. The standard InChI is InChI=1S/C8H18O.C4H3F7O/c1-7(2,3)9-8(4,5)6;1-12-2(5,3(6,7)8)4(9,10)11/h1-6H3;1H3. The van der Waals surface area contributed by atoms with Crippen LogP contribution in [0.2, 0.25) is 0 Å². The summed E-state index contributed by atoms with van der Waals surface area (Å²) < 4.78 is 88.7. The maximum Gasteiger partial charge on any atom is 0.458 e. The molecule has 0 rings (SSSR count). The molecular weight excluding hydrogens is 309 g/mol. The van der Waals surface area contributed by atoms with Crippen molar-refractivity contribution in [2.75, 3.05) is 7.11 Å². The molecule has 0 radical (unpaired) electrons. The van der Waals surface area contributed by atoms with Crippen LogP contribution in [-0.4, -0.2) is 36.5 Å². The molecule has 2 nitrogen and oxygen atoms in total. The van der Waals surface area contributed by atoms with E-state index in [1.165, 1.54) is 0 Å². The Labute approximate surface area is 119 Å². The van der Waals surface area contributed by atoms with Gasteiger partial charge in [-0.15, -0.1) is 0 Å². The van der Waals surface area contributed by atoms with Gasteiger partial charge in [0.05, 0.1) is 11.2 Å². The van der Waals surface area contributed by atoms with Gasteiger partial charge in [-0.05, 0) is 41.5 Å².